The van der Waals surface area contributed by atoms with Crippen molar-refractivity contribution in [3.63, 3.8) is 0 Å². The van der Waals surface area contributed by atoms with E-state index < -0.39 is 6.03 Å². The zero-order chi connectivity index (χ0) is 16.2. The minimum absolute atomic E-state index is 0.0483. The van der Waals surface area contributed by atoms with Gasteiger partial charge in [-0.25, -0.2) is 4.79 Å². The van der Waals surface area contributed by atoms with Gasteiger partial charge in [-0.1, -0.05) is 30.3 Å². The van der Waals surface area contributed by atoms with Crippen molar-refractivity contribution < 1.29 is 9.59 Å². The van der Waals surface area contributed by atoms with Crippen LogP contribution in [0.5, 0.6) is 0 Å². The molecule has 1 atom stereocenters. The molecule has 1 aliphatic carbocycles. The average Bonchev–Trinajstić information content (AvgIpc) is 3.38. The van der Waals surface area contributed by atoms with Crippen LogP contribution >= 0.6 is 0 Å². The lowest BCUT2D eigenvalue weighted by molar-refractivity contribution is 0.0931. The second kappa shape index (κ2) is 6.52. The Balaban J connectivity index is 1.71. The zero-order valence-electron chi connectivity index (χ0n) is 12.7. The average molecular weight is 309 g/mol. The molecular formula is C18H19N3O2. The zero-order valence-corrected chi connectivity index (χ0v) is 12.7. The minimum Gasteiger partial charge on any atom is -0.351 e. The van der Waals surface area contributed by atoms with E-state index in [1.165, 1.54) is 0 Å². The second-order valence-electron chi connectivity index (χ2n) is 5.77. The number of carbonyl (C=O) groups excluding carboxylic acids is 2. The molecule has 0 heterocycles. The summed E-state index contributed by atoms with van der Waals surface area (Å²) < 4.78 is 0. The van der Waals surface area contributed by atoms with E-state index in [0.717, 1.165) is 18.4 Å². The number of nitrogens with one attached hydrogen (secondary N) is 2. The van der Waals surface area contributed by atoms with Gasteiger partial charge in [0.2, 0.25) is 0 Å². The highest BCUT2D eigenvalue weighted by molar-refractivity contribution is 5.95. The summed E-state index contributed by atoms with van der Waals surface area (Å²) >= 11 is 0. The van der Waals surface area contributed by atoms with Crippen LogP contribution in [-0.2, 0) is 0 Å². The Hall–Kier alpha value is -2.82. The molecule has 2 aromatic carbocycles. The smallest absolute Gasteiger partial charge is 0.316 e. The summed E-state index contributed by atoms with van der Waals surface area (Å²) in [6.45, 7) is 0. The number of nitrogens with two attached hydrogens (primary N) is 1. The fourth-order valence-electron chi connectivity index (χ4n) is 2.64. The summed E-state index contributed by atoms with van der Waals surface area (Å²) in [6.07, 6.45) is 2.28. The summed E-state index contributed by atoms with van der Waals surface area (Å²) in [5.41, 5.74) is 7.32. The van der Waals surface area contributed by atoms with Gasteiger partial charge in [0.05, 0.1) is 6.04 Å². The first-order valence-electron chi connectivity index (χ1n) is 7.66. The van der Waals surface area contributed by atoms with Crippen molar-refractivity contribution in [2.24, 2.45) is 11.7 Å². The summed E-state index contributed by atoms with van der Waals surface area (Å²) in [6, 6.07) is 16.1. The molecule has 0 saturated heterocycles. The number of hydrogen-bond donors (Lipinski definition) is 3. The number of carbonyl (C=O) groups is 2. The summed E-state index contributed by atoms with van der Waals surface area (Å²) in [5.74, 6) is 0.397. The maximum Gasteiger partial charge on any atom is 0.316 e. The highest BCUT2D eigenvalue weighted by Crippen LogP contribution is 2.41. The van der Waals surface area contributed by atoms with E-state index in [-0.39, 0.29) is 11.9 Å². The second-order valence-corrected chi connectivity index (χ2v) is 5.77. The number of hydrogen-bond acceptors (Lipinski definition) is 2. The highest BCUT2D eigenvalue weighted by atomic mass is 16.2. The number of amides is 3. The van der Waals surface area contributed by atoms with Gasteiger partial charge in [0.1, 0.15) is 0 Å². The van der Waals surface area contributed by atoms with Crippen molar-refractivity contribution in [1.29, 1.82) is 0 Å². The van der Waals surface area contributed by atoms with Crippen LogP contribution in [0.1, 0.15) is 34.8 Å². The Morgan fingerprint density at radius 2 is 1.65 bits per heavy atom. The van der Waals surface area contributed by atoms with Crippen LogP contribution in [0, 0.1) is 5.92 Å². The Morgan fingerprint density at radius 1 is 1.00 bits per heavy atom. The number of anilines is 1. The van der Waals surface area contributed by atoms with Gasteiger partial charge in [0, 0.05) is 11.3 Å². The number of urea groups is 1. The van der Waals surface area contributed by atoms with Gasteiger partial charge in [-0.15, -0.1) is 0 Å². The summed E-state index contributed by atoms with van der Waals surface area (Å²) in [5, 5.41) is 5.59. The molecule has 5 heteroatoms. The molecule has 0 aliphatic heterocycles. The van der Waals surface area contributed by atoms with Crippen molar-refractivity contribution >= 4 is 17.6 Å². The first-order chi connectivity index (χ1) is 11.1. The van der Waals surface area contributed by atoms with Crippen molar-refractivity contribution in [2.75, 3.05) is 5.32 Å². The third-order valence-corrected chi connectivity index (χ3v) is 3.95. The molecule has 1 aliphatic rings. The van der Waals surface area contributed by atoms with Gasteiger partial charge < -0.3 is 16.4 Å². The molecule has 23 heavy (non-hydrogen) atoms. The fourth-order valence-corrected chi connectivity index (χ4v) is 2.64. The van der Waals surface area contributed by atoms with E-state index >= 15 is 0 Å². The van der Waals surface area contributed by atoms with E-state index in [0.29, 0.717) is 17.2 Å². The van der Waals surface area contributed by atoms with Gasteiger partial charge in [0.25, 0.3) is 5.91 Å². The fraction of sp³-hybridized carbons (Fsp3) is 0.222. The van der Waals surface area contributed by atoms with Crippen LogP contribution in [0.3, 0.4) is 0 Å². The van der Waals surface area contributed by atoms with Gasteiger partial charge in [-0.3, -0.25) is 4.79 Å². The SMILES string of the molecule is NC(=O)Nc1ccc(C(=O)N[C@H](c2ccccc2)C2CC2)cc1. The Bertz CT molecular complexity index is 694. The largest absolute Gasteiger partial charge is 0.351 e. The van der Waals surface area contributed by atoms with E-state index in [9.17, 15) is 9.59 Å². The van der Waals surface area contributed by atoms with E-state index in [1.54, 1.807) is 24.3 Å². The standard InChI is InChI=1S/C18H19N3O2/c19-18(23)20-15-10-8-14(9-11-15)17(22)21-16(13-6-7-13)12-4-2-1-3-5-12/h1-5,8-11,13,16H,6-7H2,(H,21,22)(H3,19,20,23)/t16-/m1/s1. The molecule has 5 nitrogen and oxygen atoms in total. The Morgan fingerprint density at radius 3 is 2.22 bits per heavy atom. The van der Waals surface area contributed by atoms with Crippen molar-refractivity contribution in [3.05, 3.63) is 65.7 Å². The number of primary amides is 1. The van der Waals surface area contributed by atoms with Crippen molar-refractivity contribution in [2.45, 2.75) is 18.9 Å². The van der Waals surface area contributed by atoms with Crippen LogP contribution in [0.25, 0.3) is 0 Å². The molecular weight excluding hydrogens is 290 g/mol. The lowest BCUT2D eigenvalue weighted by atomic mass is 10.0. The number of benzene rings is 2. The summed E-state index contributed by atoms with van der Waals surface area (Å²) in [4.78, 5) is 23.3. The molecule has 1 fully saturated rings. The van der Waals surface area contributed by atoms with Crippen LogP contribution in [0.4, 0.5) is 10.5 Å². The third-order valence-electron chi connectivity index (χ3n) is 3.95. The maximum atomic E-state index is 12.5. The lowest BCUT2D eigenvalue weighted by Crippen LogP contribution is -2.29. The monoisotopic (exact) mass is 309 g/mol. The van der Waals surface area contributed by atoms with Crippen LogP contribution in [-0.4, -0.2) is 11.9 Å². The molecule has 3 amide bonds. The third kappa shape index (κ3) is 3.88. The molecule has 1 saturated carbocycles. The molecule has 3 rings (SSSR count). The van der Waals surface area contributed by atoms with Gasteiger partial charge in [-0.2, -0.15) is 0 Å². The lowest BCUT2D eigenvalue weighted by Gasteiger charge is -2.19. The first-order valence-corrected chi connectivity index (χ1v) is 7.66. The van der Waals surface area contributed by atoms with Crippen LogP contribution < -0.4 is 16.4 Å². The molecule has 0 spiro atoms. The van der Waals surface area contributed by atoms with Crippen LogP contribution in [0.15, 0.2) is 54.6 Å². The maximum absolute atomic E-state index is 12.5. The van der Waals surface area contributed by atoms with E-state index in [1.807, 2.05) is 30.3 Å². The minimum atomic E-state index is -0.625. The molecule has 0 unspecified atom stereocenters. The Labute approximate surface area is 134 Å². The molecule has 0 aromatic heterocycles. The quantitative estimate of drug-likeness (QED) is 0.793. The highest BCUT2D eigenvalue weighted by Gasteiger charge is 2.33. The topological polar surface area (TPSA) is 84.2 Å². The molecule has 2 aromatic rings. The van der Waals surface area contributed by atoms with E-state index in [2.05, 4.69) is 10.6 Å². The predicted octanol–water partition coefficient (Wildman–Crippen LogP) is 3.06. The van der Waals surface area contributed by atoms with Crippen LogP contribution in [0.2, 0.25) is 0 Å². The normalized spacial score (nSPS) is 14.8. The first kappa shape index (κ1) is 15.1. The van der Waals surface area contributed by atoms with Gasteiger partial charge >= 0.3 is 6.03 Å². The van der Waals surface area contributed by atoms with Gasteiger partial charge in [0.15, 0.2) is 0 Å². The molecule has 118 valence electrons. The molecule has 4 N–H and O–H groups in total. The molecule has 0 radical (unpaired) electrons. The van der Waals surface area contributed by atoms with Crippen molar-refractivity contribution in [1.82, 2.24) is 5.32 Å². The predicted molar refractivity (Wildman–Crippen MR) is 89.0 cm³/mol. The van der Waals surface area contributed by atoms with Crippen molar-refractivity contribution in [3.8, 4) is 0 Å². The Kier molecular flexibility index (Phi) is 4.28. The summed E-state index contributed by atoms with van der Waals surface area (Å²) in [7, 11) is 0. The van der Waals surface area contributed by atoms with E-state index in [4.69, 9.17) is 5.73 Å². The number of rotatable bonds is 5. The van der Waals surface area contributed by atoms with Gasteiger partial charge in [-0.05, 0) is 48.6 Å². The molecule has 0 bridgehead atoms.